The van der Waals surface area contributed by atoms with Gasteiger partial charge in [-0.25, -0.2) is 0 Å². The third-order valence-electron chi connectivity index (χ3n) is 7.75. The van der Waals surface area contributed by atoms with Crippen LogP contribution in [0.25, 0.3) is 0 Å². The molecule has 0 heterocycles. The van der Waals surface area contributed by atoms with Crippen molar-refractivity contribution in [3.8, 4) is 0 Å². The summed E-state index contributed by atoms with van der Waals surface area (Å²) in [6.07, 6.45) is 1.47. The Bertz CT molecular complexity index is 1860. The summed E-state index contributed by atoms with van der Waals surface area (Å²) < 4.78 is 4.87. The first-order valence-electron chi connectivity index (χ1n) is 18.2. The summed E-state index contributed by atoms with van der Waals surface area (Å²) in [7, 11) is 0. The van der Waals surface area contributed by atoms with Gasteiger partial charge >= 0.3 is 11.9 Å². The van der Waals surface area contributed by atoms with Crippen LogP contribution in [-0.2, 0) is 19.1 Å². The van der Waals surface area contributed by atoms with E-state index in [-0.39, 0.29) is 35.1 Å². The second-order valence-electron chi connectivity index (χ2n) is 12.6. The van der Waals surface area contributed by atoms with E-state index in [2.05, 4.69) is 37.2 Å². The number of hydrogen-bond acceptors (Lipinski definition) is 11. The number of carboxylic acid groups (broad SMARTS) is 1. The molecule has 24 heteroatoms. The number of carbonyl (C=O) groups is 3. The van der Waals surface area contributed by atoms with Gasteiger partial charge in [-0.2, -0.15) is 0 Å². The third-order valence-corrected chi connectivity index (χ3v) is 8.65. The number of rotatable bonds is 19. The minimum absolute atomic E-state index is 0.00148. The van der Waals surface area contributed by atoms with E-state index in [9.17, 15) is 29.6 Å². The van der Waals surface area contributed by atoms with Crippen LogP contribution in [0.5, 0.6) is 0 Å². The summed E-state index contributed by atoms with van der Waals surface area (Å²) in [6, 6.07) is 17.6. The van der Waals surface area contributed by atoms with Gasteiger partial charge in [0.1, 0.15) is 12.7 Å². The molecule has 0 bridgehead atoms. The van der Waals surface area contributed by atoms with Gasteiger partial charge in [-0.1, -0.05) is 59.2 Å². The Morgan fingerprint density at radius 1 is 0.705 bits per heavy atom. The molecule has 0 unspecified atom stereocenters. The van der Waals surface area contributed by atoms with Crippen LogP contribution in [0, 0.1) is 31.8 Å². The number of aliphatic hydroxyl groups excluding tert-OH is 1. The molecule has 3 rings (SSSR count). The first-order chi connectivity index (χ1) is 28.9. The maximum absolute atomic E-state index is 11.7. The molecule has 0 fully saturated rings. The monoisotopic (exact) mass is 926 g/mol. The van der Waals surface area contributed by atoms with Crippen molar-refractivity contribution < 1.29 is 34.3 Å². The smallest absolute Gasteiger partial charge is 0.306 e. The molecule has 3 aromatic rings. The zero-order chi connectivity index (χ0) is 45.3. The highest BCUT2D eigenvalue weighted by Gasteiger charge is 2.27. The number of amides is 1. The number of hydrogen-bond donors (Lipinski definition) is 13. The first-order valence-corrected chi connectivity index (χ1v) is 19.9. The van der Waals surface area contributed by atoms with Crippen LogP contribution >= 0.6 is 46.4 Å². The molecule has 0 spiro atoms. The number of nitrogens with one attached hydrogen (secondary N) is 11. The fourth-order valence-corrected chi connectivity index (χ4v) is 5.11. The van der Waals surface area contributed by atoms with E-state index in [0.29, 0.717) is 34.5 Å². The van der Waals surface area contributed by atoms with Crippen LogP contribution in [-0.4, -0.2) is 87.4 Å². The van der Waals surface area contributed by atoms with Crippen molar-refractivity contribution in [2.45, 2.75) is 55.5 Å². The number of carboxylic acids is 1. The highest BCUT2D eigenvalue weighted by atomic mass is 35.5. The molecule has 0 saturated carbocycles. The summed E-state index contributed by atoms with van der Waals surface area (Å²) >= 11 is 22.6. The highest BCUT2D eigenvalue weighted by molar-refractivity contribution is 6.53. The van der Waals surface area contributed by atoms with Crippen LogP contribution in [0.4, 0.5) is 17.1 Å². The lowest BCUT2D eigenvalue weighted by Gasteiger charge is -2.24. The van der Waals surface area contributed by atoms with Crippen LogP contribution in [0.2, 0.25) is 10.0 Å². The number of halogens is 4. The number of aliphatic hydroxyl groups is 1. The van der Waals surface area contributed by atoms with E-state index >= 15 is 0 Å². The van der Waals surface area contributed by atoms with Crippen molar-refractivity contribution in [1.82, 2.24) is 26.6 Å². The summed E-state index contributed by atoms with van der Waals surface area (Å²) in [5.74, 6) is -2.78. The molecule has 3 aromatic carbocycles. The average Bonchev–Trinajstić information content (AvgIpc) is 3.21. The van der Waals surface area contributed by atoms with E-state index < -0.39 is 59.2 Å². The lowest BCUT2D eigenvalue weighted by Crippen LogP contribution is -2.45. The molecule has 0 aliphatic heterocycles. The van der Waals surface area contributed by atoms with Gasteiger partial charge in [0.2, 0.25) is 0 Å². The topological polar surface area (TPSA) is 324 Å². The fraction of sp³-hybridized carbons (Fsp3) is 0.324. The van der Waals surface area contributed by atoms with Gasteiger partial charge in [0.25, 0.3) is 11.6 Å². The van der Waals surface area contributed by atoms with Gasteiger partial charge in [0.05, 0.1) is 23.8 Å². The van der Waals surface area contributed by atoms with Gasteiger partial charge < -0.3 is 41.5 Å². The molecule has 1 amide bonds. The number of esters is 1. The SMILES string of the molecule is N=C(NCCCCCCNC(=N)NC(=N)Nc1ccc(Cl)cc1)NC(=N)Nc1ccc(Cl)cc1.O=C(O)CCC(=O)OC[C@@H](NC(=O)C(Cl)Cl)[C@H](O)c1ccc([N+](=O)[O-])cc1. The molecule has 13 N–H and O–H groups in total. The number of alkyl halides is 2. The number of nitrogens with zero attached hydrogens (tertiary/aromatic N) is 1. The third kappa shape index (κ3) is 22.3. The quantitative estimate of drug-likeness (QED) is 0.0134. The van der Waals surface area contributed by atoms with E-state index in [0.717, 1.165) is 37.8 Å². The number of carbonyl (C=O) groups excluding carboxylic acids is 2. The minimum Gasteiger partial charge on any atom is -0.481 e. The predicted molar refractivity (Wildman–Crippen MR) is 235 cm³/mol. The number of anilines is 2. The Morgan fingerprint density at radius 3 is 1.57 bits per heavy atom. The molecular weight excluding hydrogens is 882 g/mol. The molecule has 20 nitrogen and oxygen atoms in total. The van der Waals surface area contributed by atoms with E-state index in [1.165, 1.54) is 12.1 Å². The molecule has 2 atom stereocenters. The summed E-state index contributed by atoms with van der Waals surface area (Å²) in [5.41, 5.74) is 1.42. The molecule has 0 saturated heterocycles. The van der Waals surface area contributed by atoms with Crippen molar-refractivity contribution in [2.24, 2.45) is 0 Å². The fourth-order valence-electron chi connectivity index (χ4n) is 4.73. The van der Waals surface area contributed by atoms with E-state index in [4.69, 9.17) is 77.9 Å². The zero-order valence-electron chi connectivity index (χ0n) is 32.3. The van der Waals surface area contributed by atoms with Crippen molar-refractivity contribution in [3.63, 3.8) is 0 Å². The zero-order valence-corrected chi connectivity index (χ0v) is 35.4. The molecule has 0 aliphatic rings. The maximum atomic E-state index is 11.7. The second kappa shape index (κ2) is 27.8. The summed E-state index contributed by atoms with van der Waals surface area (Å²) in [5, 5.41) is 81.4. The van der Waals surface area contributed by atoms with Crippen LogP contribution in [0.15, 0.2) is 72.8 Å². The highest BCUT2D eigenvalue weighted by Crippen LogP contribution is 2.22. The van der Waals surface area contributed by atoms with Gasteiger partial charge in [0.15, 0.2) is 28.7 Å². The Balaban J connectivity index is 0.000000432. The number of nitro groups is 1. The van der Waals surface area contributed by atoms with Crippen LogP contribution in [0.1, 0.15) is 50.2 Å². The number of non-ortho nitro benzene ring substituents is 1. The second-order valence-corrected chi connectivity index (χ2v) is 14.5. The molecule has 0 aromatic heterocycles. The summed E-state index contributed by atoms with van der Waals surface area (Å²) in [6.45, 7) is 0.750. The normalized spacial score (nSPS) is 11.3. The van der Waals surface area contributed by atoms with Crippen LogP contribution in [0.3, 0.4) is 0 Å². The molecule has 330 valence electrons. The lowest BCUT2D eigenvalue weighted by molar-refractivity contribution is -0.384. The van der Waals surface area contributed by atoms with Gasteiger partial charge in [-0.05, 0) is 79.1 Å². The van der Waals surface area contributed by atoms with E-state index in [1.54, 1.807) is 48.5 Å². The number of guanidine groups is 4. The average molecular weight is 929 g/mol. The standard InChI is InChI=1S/C22H30Cl2N10.C15H16Cl2N2O8/c23-15-5-9-17(10-6-15)31-21(27)33-19(25)29-13-3-1-2-4-14-30-20(26)34-22(28)32-18-11-7-16(24)8-12-18;16-14(17)15(24)18-10(7-27-12(22)6-5-11(20)21)13(23)8-1-3-9(4-2-8)19(25)26/h5-12H,1-4,13-14H2,(H5,25,27,29,31,33)(H5,26,28,30,32,34);1-4,10,13-14,23H,5-7H2,(H,18,24)(H,20,21)/t;10-,13-/m.1/s1. The van der Waals surface area contributed by atoms with Crippen molar-refractivity contribution in [2.75, 3.05) is 30.3 Å². The van der Waals surface area contributed by atoms with Gasteiger partial charge in [-0.3, -0.25) is 56.8 Å². The van der Waals surface area contributed by atoms with Crippen molar-refractivity contribution in [3.05, 3.63) is 98.5 Å². The molecule has 0 radical (unpaired) electrons. The van der Waals surface area contributed by atoms with Crippen molar-refractivity contribution in [1.29, 1.82) is 21.6 Å². The number of unbranched alkanes of at least 4 members (excludes halogenated alkanes) is 3. The Hall–Kier alpha value is -5.93. The maximum Gasteiger partial charge on any atom is 0.306 e. The van der Waals surface area contributed by atoms with E-state index in [1.807, 2.05) is 0 Å². The Labute approximate surface area is 370 Å². The van der Waals surface area contributed by atoms with Crippen molar-refractivity contribution >= 4 is 105 Å². The molecule has 61 heavy (non-hydrogen) atoms. The Kier molecular flexibility index (Phi) is 23.3. The first kappa shape index (κ1) is 51.2. The van der Waals surface area contributed by atoms with Crippen LogP contribution < -0.4 is 37.2 Å². The summed E-state index contributed by atoms with van der Waals surface area (Å²) in [4.78, 5) is 42.3. The molecular formula is C37H46Cl4N12O8. The predicted octanol–water partition coefficient (Wildman–Crippen LogP) is 5.50. The lowest BCUT2D eigenvalue weighted by atomic mass is 10.0. The largest absolute Gasteiger partial charge is 0.481 e. The Morgan fingerprint density at radius 2 is 1.16 bits per heavy atom. The number of aliphatic carboxylic acids is 1. The number of benzene rings is 3. The van der Waals surface area contributed by atoms with Gasteiger partial charge in [-0.15, -0.1) is 0 Å². The molecule has 0 aliphatic carbocycles. The number of nitro benzene ring substituents is 1. The van der Waals surface area contributed by atoms with Gasteiger partial charge in [0, 0.05) is 46.6 Å². The minimum atomic E-state index is -1.45. The number of ether oxygens (including phenoxy) is 1.